The zero-order valence-corrected chi connectivity index (χ0v) is 10.8. The lowest BCUT2D eigenvalue weighted by Gasteiger charge is -2.08. The van der Waals surface area contributed by atoms with E-state index in [1.807, 2.05) is 13.8 Å². The average Bonchev–Trinajstić information content (AvgIpc) is 2.64. The van der Waals surface area contributed by atoms with E-state index in [2.05, 4.69) is 14.9 Å². The number of anilines is 1. The second kappa shape index (κ2) is 5.99. The standard InChI is InChI=1S/C9H18N4O3S/c1-7(2)6-16-4-3-12-17(14,15)8-5-11-13-9(8)10/h5,7,12H,3-4,6H2,1-2H3,(H3,10,11,13). The van der Waals surface area contributed by atoms with Gasteiger partial charge in [-0.25, -0.2) is 13.1 Å². The van der Waals surface area contributed by atoms with E-state index in [4.69, 9.17) is 10.5 Å². The normalized spacial score (nSPS) is 12.2. The molecular formula is C9H18N4O3S. The number of aromatic nitrogens is 2. The minimum Gasteiger partial charge on any atom is -0.383 e. The van der Waals surface area contributed by atoms with E-state index < -0.39 is 10.0 Å². The van der Waals surface area contributed by atoms with Gasteiger partial charge in [0, 0.05) is 13.2 Å². The van der Waals surface area contributed by atoms with Crippen LogP contribution in [0, 0.1) is 5.92 Å². The van der Waals surface area contributed by atoms with Crippen molar-refractivity contribution in [1.82, 2.24) is 14.9 Å². The molecule has 0 atom stereocenters. The van der Waals surface area contributed by atoms with Crippen molar-refractivity contribution in [2.24, 2.45) is 5.92 Å². The molecule has 4 N–H and O–H groups in total. The number of ether oxygens (including phenoxy) is 1. The zero-order chi connectivity index (χ0) is 12.9. The number of H-pyrrole nitrogens is 1. The van der Waals surface area contributed by atoms with Crippen LogP contribution >= 0.6 is 0 Å². The van der Waals surface area contributed by atoms with Gasteiger partial charge in [0.1, 0.15) is 10.7 Å². The number of aromatic amines is 1. The quantitative estimate of drug-likeness (QED) is 0.596. The van der Waals surface area contributed by atoms with Gasteiger partial charge in [0.05, 0.1) is 12.8 Å². The summed E-state index contributed by atoms with van der Waals surface area (Å²) in [6.07, 6.45) is 1.17. The Hall–Kier alpha value is -1.12. The predicted molar refractivity (Wildman–Crippen MR) is 63.8 cm³/mol. The predicted octanol–water partition coefficient (Wildman–Crippen LogP) is -0.0572. The van der Waals surface area contributed by atoms with E-state index in [1.54, 1.807) is 0 Å². The van der Waals surface area contributed by atoms with Crippen LogP contribution in [0.5, 0.6) is 0 Å². The largest absolute Gasteiger partial charge is 0.383 e. The van der Waals surface area contributed by atoms with Crippen LogP contribution in [0.1, 0.15) is 13.8 Å². The zero-order valence-electron chi connectivity index (χ0n) is 9.93. The van der Waals surface area contributed by atoms with Gasteiger partial charge in [-0.1, -0.05) is 13.8 Å². The molecule has 0 aliphatic rings. The van der Waals surface area contributed by atoms with Gasteiger partial charge in [-0.05, 0) is 5.92 Å². The summed E-state index contributed by atoms with van der Waals surface area (Å²) in [5, 5.41) is 5.92. The number of hydrogen-bond donors (Lipinski definition) is 3. The molecule has 0 bridgehead atoms. The highest BCUT2D eigenvalue weighted by atomic mass is 32.2. The van der Waals surface area contributed by atoms with E-state index in [9.17, 15) is 8.42 Å². The third-order valence-corrected chi connectivity index (χ3v) is 3.40. The summed E-state index contributed by atoms with van der Waals surface area (Å²) in [5.41, 5.74) is 5.43. The molecule has 0 aromatic carbocycles. The molecular weight excluding hydrogens is 244 g/mol. The van der Waals surface area contributed by atoms with Crippen molar-refractivity contribution in [3.8, 4) is 0 Å². The Kier molecular flexibility index (Phi) is 4.91. The van der Waals surface area contributed by atoms with Crippen molar-refractivity contribution in [2.45, 2.75) is 18.7 Å². The summed E-state index contributed by atoms with van der Waals surface area (Å²) in [5.74, 6) is 0.455. The number of hydrogen-bond acceptors (Lipinski definition) is 5. The van der Waals surface area contributed by atoms with E-state index in [0.717, 1.165) is 0 Å². The SMILES string of the molecule is CC(C)COCCNS(=O)(=O)c1cn[nH]c1N. The Morgan fingerprint density at radius 1 is 1.59 bits per heavy atom. The lowest BCUT2D eigenvalue weighted by Crippen LogP contribution is -2.28. The Morgan fingerprint density at radius 3 is 2.82 bits per heavy atom. The summed E-state index contributed by atoms with van der Waals surface area (Å²) >= 11 is 0. The van der Waals surface area contributed by atoms with Crippen LogP contribution in [0.3, 0.4) is 0 Å². The van der Waals surface area contributed by atoms with Gasteiger partial charge in [0.25, 0.3) is 0 Å². The molecule has 98 valence electrons. The van der Waals surface area contributed by atoms with Gasteiger partial charge in [-0.3, -0.25) is 5.10 Å². The maximum Gasteiger partial charge on any atom is 0.245 e. The van der Waals surface area contributed by atoms with Gasteiger partial charge >= 0.3 is 0 Å². The number of nitrogens with two attached hydrogens (primary N) is 1. The van der Waals surface area contributed by atoms with Crippen molar-refractivity contribution in [3.63, 3.8) is 0 Å². The van der Waals surface area contributed by atoms with Crippen LogP contribution in [0.4, 0.5) is 5.82 Å². The number of sulfonamides is 1. The number of nitrogen functional groups attached to an aromatic ring is 1. The third kappa shape index (κ3) is 4.33. The van der Waals surface area contributed by atoms with Crippen molar-refractivity contribution in [2.75, 3.05) is 25.5 Å². The van der Waals surface area contributed by atoms with Crippen LogP contribution in [-0.4, -0.2) is 38.4 Å². The first-order chi connectivity index (χ1) is 7.93. The fourth-order valence-electron chi connectivity index (χ4n) is 1.14. The molecule has 1 rings (SSSR count). The van der Waals surface area contributed by atoms with E-state index in [1.165, 1.54) is 6.20 Å². The second-order valence-electron chi connectivity index (χ2n) is 4.01. The van der Waals surface area contributed by atoms with Crippen molar-refractivity contribution in [1.29, 1.82) is 0 Å². The summed E-state index contributed by atoms with van der Waals surface area (Å²) < 4.78 is 31.0. The summed E-state index contributed by atoms with van der Waals surface area (Å²) in [6.45, 7) is 5.19. The lowest BCUT2D eigenvalue weighted by molar-refractivity contribution is 0.114. The van der Waals surface area contributed by atoms with Crippen molar-refractivity contribution >= 4 is 15.8 Å². The molecule has 0 spiro atoms. The Labute approximate surface area is 101 Å². The van der Waals surface area contributed by atoms with Gasteiger partial charge in [0.2, 0.25) is 10.0 Å². The molecule has 0 saturated carbocycles. The fourth-order valence-corrected chi connectivity index (χ4v) is 2.18. The molecule has 1 aromatic rings. The molecule has 0 amide bonds. The minimum atomic E-state index is -3.60. The molecule has 17 heavy (non-hydrogen) atoms. The maximum absolute atomic E-state index is 11.7. The monoisotopic (exact) mass is 262 g/mol. The molecule has 0 unspecified atom stereocenters. The highest BCUT2D eigenvalue weighted by Crippen LogP contribution is 2.12. The number of nitrogens with one attached hydrogen (secondary N) is 2. The first-order valence-corrected chi connectivity index (χ1v) is 6.78. The van der Waals surface area contributed by atoms with Crippen LogP contribution < -0.4 is 10.5 Å². The average molecular weight is 262 g/mol. The molecule has 7 nitrogen and oxygen atoms in total. The van der Waals surface area contributed by atoms with E-state index in [0.29, 0.717) is 19.1 Å². The Morgan fingerprint density at radius 2 is 2.29 bits per heavy atom. The molecule has 0 aliphatic carbocycles. The third-order valence-electron chi connectivity index (χ3n) is 1.91. The highest BCUT2D eigenvalue weighted by molar-refractivity contribution is 7.89. The van der Waals surface area contributed by atoms with Gasteiger partial charge in [0.15, 0.2) is 0 Å². The molecule has 1 heterocycles. The van der Waals surface area contributed by atoms with E-state index in [-0.39, 0.29) is 17.3 Å². The first-order valence-electron chi connectivity index (χ1n) is 5.29. The van der Waals surface area contributed by atoms with Crippen molar-refractivity contribution < 1.29 is 13.2 Å². The highest BCUT2D eigenvalue weighted by Gasteiger charge is 2.18. The summed E-state index contributed by atoms with van der Waals surface area (Å²) in [4.78, 5) is -0.0404. The Balaban J connectivity index is 2.39. The lowest BCUT2D eigenvalue weighted by atomic mass is 10.2. The van der Waals surface area contributed by atoms with Crippen LogP contribution in [0.25, 0.3) is 0 Å². The molecule has 0 fully saturated rings. The van der Waals surface area contributed by atoms with Crippen LogP contribution in [0.15, 0.2) is 11.1 Å². The molecule has 0 radical (unpaired) electrons. The van der Waals surface area contributed by atoms with E-state index >= 15 is 0 Å². The first kappa shape index (κ1) is 13.9. The van der Waals surface area contributed by atoms with Gasteiger partial charge in [-0.15, -0.1) is 0 Å². The number of rotatable bonds is 7. The van der Waals surface area contributed by atoms with Gasteiger partial charge in [-0.2, -0.15) is 5.10 Å². The number of nitrogens with zero attached hydrogens (tertiary/aromatic N) is 1. The molecule has 8 heteroatoms. The van der Waals surface area contributed by atoms with Crippen LogP contribution in [0.2, 0.25) is 0 Å². The topological polar surface area (TPSA) is 110 Å². The van der Waals surface area contributed by atoms with Crippen LogP contribution in [-0.2, 0) is 14.8 Å². The minimum absolute atomic E-state index is 0.0283. The van der Waals surface area contributed by atoms with Crippen molar-refractivity contribution in [3.05, 3.63) is 6.20 Å². The van der Waals surface area contributed by atoms with Gasteiger partial charge < -0.3 is 10.5 Å². The second-order valence-corrected chi connectivity index (χ2v) is 5.75. The summed E-state index contributed by atoms with van der Waals surface area (Å²) in [6, 6.07) is 0. The fraction of sp³-hybridized carbons (Fsp3) is 0.667. The summed E-state index contributed by atoms with van der Waals surface area (Å²) in [7, 11) is -3.60. The molecule has 0 aliphatic heterocycles. The molecule has 0 saturated heterocycles. The Bertz CT molecular complexity index is 441. The smallest absolute Gasteiger partial charge is 0.245 e. The molecule has 1 aromatic heterocycles. The maximum atomic E-state index is 11.7.